The number of hydrogen-bond acceptors (Lipinski definition) is 5. The summed E-state index contributed by atoms with van der Waals surface area (Å²) in [5.41, 5.74) is 3.55. The number of nitrogens with zero attached hydrogens (tertiary/aromatic N) is 2. The van der Waals surface area contributed by atoms with Gasteiger partial charge >= 0.3 is 5.97 Å². The lowest BCUT2D eigenvalue weighted by atomic mass is 9.95. The highest BCUT2D eigenvalue weighted by atomic mass is 32.2. The van der Waals surface area contributed by atoms with Gasteiger partial charge in [-0.25, -0.2) is 0 Å². The molecule has 1 aliphatic heterocycles. The van der Waals surface area contributed by atoms with Crippen molar-refractivity contribution in [2.75, 3.05) is 31.1 Å². The number of carboxylic acids is 1. The number of hydrogen-bond donors (Lipinski definition) is 2. The van der Waals surface area contributed by atoms with Crippen LogP contribution < -0.4 is 9.62 Å². The molecule has 8 nitrogen and oxygen atoms in total. The molecule has 9 heteroatoms. The second-order valence-corrected chi connectivity index (χ2v) is 11.1. The fourth-order valence-electron chi connectivity index (χ4n) is 4.76. The third-order valence-electron chi connectivity index (χ3n) is 6.77. The van der Waals surface area contributed by atoms with Crippen LogP contribution in [0.25, 0.3) is 22.9 Å². The molecule has 38 heavy (non-hydrogen) atoms. The number of rotatable bonds is 10. The van der Waals surface area contributed by atoms with Gasteiger partial charge in [-0.2, -0.15) is 17.4 Å². The average molecular weight is 536 g/mol. The van der Waals surface area contributed by atoms with Crippen molar-refractivity contribution in [1.82, 2.24) is 9.03 Å². The van der Waals surface area contributed by atoms with E-state index in [0.717, 1.165) is 27.6 Å². The summed E-state index contributed by atoms with van der Waals surface area (Å²) in [5.74, 6) is -1.14. The monoisotopic (exact) mass is 535 g/mol. The Labute approximate surface area is 223 Å². The third-order valence-corrected chi connectivity index (χ3v) is 8.40. The van der Waals surface area contributed by atoms with Crippen molar-refractivity contribution in [3.63, 3.8) is 0 Å². The highest BCUT2D eigenvalue weighted by Gasteiger charge is 2.31. The van der Waals surface area contributed by atoms with Crippen LogP contribution in [0.15, 0.2) is 60.7 Å². The molecule has 0 spiro atoms. The molecular weight excluding hydrogens is 502 g/mol. The number of carbonyl (C=O) groups excluding carboxylic acids is 1. The molecule has 0 saturated carbocycles. The SMILES string of the molecule is CCC[C@H](NS(=O)(=O)N1CCN(c2ccc(C=Cc3ccc4ccccc4c3C(C)=O)cc2)CC1)C(=O)O. The molecule has 1 fully saturated rings. The Morgan fingerprint density at radius 3 is 2.29 bits per heavy atom. The first-order chi connectivity index (χ1) is 18.2. The molecule has 4 rings (SSSR count). The van der Waals surface area contributed by atoms with E-state index in [9.17, 15) is 23.1 Å². The summed E-state index contributed by atoms with van der Waals surface area (Å²) >= 11 is 0. The zero-order valence-electron chi connectivity index (χ0n) is 21.6. The molecule has 3 aromatic carbocycles. The predicted octanol–water partition coefficient (Wildman–Crippen LogP) is 4.42. The summed E-state index contributed by atoms with van der Waals surface area (Å²) < 4.78 is 29.0. The summed E-state index contributed by atoms with van der Waals surface area (Å²) in [6.07, 6.45) is 4.74. The highest BCUT2D eigenvalue weighted by molar-refractivity contribution is 7.87. The van der Waals surface area contributed by atoms with Crippen molar-refractivity contribution < 1.29 is 23.1 Å². The van der Waals surface area contributed by atoms with Crippen LogP contribution >= 0.6 is 0 Å². The molecule has 0 bridgehead atoms. The summed E-state index contributed by atoms with van der Waals surface area (Å²) in [6, 6.07) is 18.7. The van der Waals surface area contributed by atoms with Gasteiger partial charge in [0.2, 0.25) is 0 Å². The minimum Gasteiger partial charge on any atom is -0.480 e. The van der Waals surface area contributed by atoms with Crippen molar-refractivity contribution in [2.24, 2.45) is 0 Å². The van der Waals surface area contributed by atoms with Crippen LogP contribution in [0.1, 0.15) is 48.2 Å². The molecule has 0 radical (unpaired) electrons. The van der Waals surface area contributed by atoms with Crippen LogP contribution in [0.3, 0.4) is 0 Å². The Morgan fingerprint density at radius 2 is 1.66 bits per heavy atom. The van der Waals surface area contributed by atoms with E-state index in [1.165, 1.54) is 4.31 Å². The van der Waals surface area contributed by atoms with Crippen molar-refractivity contribution in [2.45, 2.75) is 32.7 Å². The number of benzene rings is 3. The topological polar surface area (TPSA) is 107 Å². The van der Waals surface area contributed by atoms with Crippen LogP contribution in [0.5, 0.6) is 0 Å². The van der Waals surface area contributed by atoms with Gasteiger partial charge in [-0.3, -0.25) is 9.59 Å². The zero-order valence-corrected chi connectivity index (χ0v) is 22.4. The van der Waals surface area contributed by atoms with E-state index in [4.69, 9.17) is 0 Å². The number of piperazine rings is 1. The largest absolute Gasteiger partial charge is 0.480 e. The molecule has 3 aromatic rings. The number of carbonyl (C=O) groups is 2. The number of Topliss-reactive ketones (excluding diaryl/α,β-unsaturated/α-hetero) is 1. The van der Waals surface area contributed by atoms with Crippen molar-refractivity contribution in [1.29, 1.82) is 0 Å². The molecule has 0 unspecified atom stereocenters. The lowest BCUT2D eigenvalue weighted by Gasteiger charge is -2.35. The number of ketones is 1. The van der Waals surface area contributed by atoms with Crippen LogP contribution in [0.2, 0.25) is 0 Å². The van der Waals surface area contributed by atoms with Crippen molar-refractivity contribution in [3.8, 4) is 0 Å². The van der Waals surface area contributed by atoms with Gasteiger partial charge in [0.1, 0.15) is 6.04 Å². The molecule has 1 atom stereocenters. The fraction of sp³-hybridized carbons (Fsp3) is 0.310. The lowest BCUT2D eigenvalue weighted by Crippen LogP contribution is -2.54. The molecule has 1 saturated heterocycles. The lowest BCUT2D eigenvalue weighted by molar-refractivity contribution is -0.139. The van der Waals surface area contributed by atoms with Gasteiger partial charge in [0.25, 0.3) is 10.2 Å². The van der Waals surface area contributed by atoms with E-state index in [1.807, 2.05) is 79.7 Å². The number of fused-ring (bicyclic) bond motifs is 1. The van der Waals surface area contributed by atoms with Gasteiger partial charge < -0.3 is 10.0 Å². The van der Waals surface area contributed by atoms with E-state index in [1.54, 1.807) is 6.92 Å². The van der Waals surface area contributed by atoms with Crippen molar-refractivity contribution in [3.05, 3.63) is 77.4 Å². The average Bonchev–Trinajstić information content (AvgIpc) is 2.91. The maximum atomic E-state index is 12.7. The first-order valence-electron chi connectivity index (χ1n) is 12.8. The maximum absolute atomic E-state index is 12.7. The third kappa shape index (κ3) is 6.30. The Morgan fingerprint density at radius 1 is 0.974 bits per heavy atom. The number of aliphatic carboxylic acids is 1. The van der Waals surface area contributed by atoms with Crippen LogP contribution in [0.4, 0.5) is 5.69 Å². The molecular formula is C29H33N3O5S. The summed E-state index contributed by atoms with van der Waals surface area (Å²) in [4.78, 5) is 25.9. The molecule has 0 amide bonds. The van der Waals surface area contributed by atoms with E-state index in [2.05, 4.69) is 9.62 Å². The van der Waals surface area contributed by atoms with Gasteiger partial charge in [0.15, 0.2) is 5.78 Å². The molecule has 0 aliphatic carbocycles. The number of anilines is 1. The van der Waals surface area contributed by atoms with E-state index in [-0.39, 0.29) is 25.3 Å². The summed E-state index contributed by atoms with van der Waals surface area (Å²) in [5, 5.41) is 11.3. The second-order valence-electron chi connectivity index (χ2n) is 9.42. The normalized spacial score (nSPS) is 15.7. The van der Waals surface area contributed by atoms with E-state index < -0.39 is 22.2 Å². The molecule has 1 heterocycles. The molecule has 2 N–H and O–H groups in total. The molecule has 0 aromatic heterocycles. The van der Waals surface area contributed by atoms with Gasteiger partial charge in [-0.05, 0) is 47.4 Å². The molecule has 1 aliphatic rings. The van der Waals surface area contributed by atoms with Crippen LogP contribution in [-0.2, 0) is 15.0 Å². The van der Waals surface area contributed by atoms with E-state index in [0.29, 0.717) is 25.1 Å². The second kappa shape index (κ2) is 11.9. The maximum Gasteiger partial charge on any atom is 0.321 e. The minimum absolute atomic E-state index is 0.0250. The predicted molar refractivity (Wildman–Crippen MR) is 151 cm³/mol. The Kier molecular flexibility index (Phi) is 8.61. The van der Waals surface area contributed by atoms with Gasteiger partial charge in [0, 0.05) is 37.4 Å². The number of carboxylic acid groups (broad SMARTS) is 1. The Bertz CT molecular complexity index is 1440. The molecule has 200 valence electrons. The smallest absolute Gasteiger partial charge is 0.321 e. The van der Waals surface area contributed by atoms with Gasteiger partial charge in [-0.1, -0.05) is 74.0 Å². The summed E-state index contributed by atoms with van der Waals surface area (Å²) in [7, 11) is -3.88. The standard InChI is InChI=1S/C29H33N3O5S/c1-3-6-27(29(34)35)30-38(36,37)32-19-17-31(18-20-32)25-15-10-22(11-16-25)9-12-24-14-13-23-7-4-5-8-26(23)28(24)21(2)33/h4-5,7-16,27,30H,3,6,17-20H2,1-2H3,(H,34,35)/t27-/m0/s1. The van der Waals surface area contributed by atoms with Crippen LogP contribution in [0, 0.1) is 0 Å². The minimum atomic E-state index is -3.88. The number of nitrogens with one attached hydrogen (secondary N) is 1. The quantitative estimate of drug-likeness (QED) is 0.294. The van der Waals surface area contributed by atoms with Crippen LogP contribution in [-0.4, -0.2) is 61.8 Å². The Hall–Kier alpha value is -3.53. The van der Waals surface area contributed by atoms with Crippen molar-refractivity contribution >= 4 is 50.6 Å². The van der Waals surface area contributed by atoms with Gasteiger partial charge in [0.05, 0.1) is 0 Å². The zero-order chi connectivity index (χ0) is 27.3. The van der Waals surface area contributed by atoms with E-state index >= 15 is 0 Å². The fourth-order valence-corrected chi connectivity index (χ4v) is 6.14. The summed E-state index contributed by atoms with van der Waals surface area (Å²) in [6.45, 7) is 4.94. The highest BCUT2D eigenvalue weighted by Crippen LogP contribution is 2.25. The first kappa shape index (κ1) is 27.5. The first-order valence-corrected chi connectivity index (χ1v) is 14.2. The van der Waals surface area contributed by atoms with Gasteiger partial charge in [-0.15, -0.1) is 0 Å². The Balaban J connectivity index is 1.41.